The molecular formula is C38H24O. The Bertz CT molecular complexity index is 2680. The monoisotopic (exact) mass is 507 g/mol. The van der Waals surface area contributed by atoms with Crippen LogP contribution in [-0.4, -0.2) is 0 Å². The van der Waals surface area contributed by atoms with E-state index in [9.17, 15) is 5.48 Å². The molecule has 0 atom stereocenters. The molecule has 0 radical (unpaired) electrons. The summed E-state index contributed by atoms with van der Waals surface area (Å²) in [6.07, 6.45) is 0. The Balaban J connectivity index is 1.50. The lowest BCUT2D eigenvalue weighted by atomic mass is 9.86. The van der Waals surface area contributed by atoms with Crippen LogP contribution in [0.5, 0.6) is 0 Å². The molecule has 0 bridgehead atoms. The summed E-state index contributed by atoms with van der Waals surface area (Å²) in [4.78, 5) is 0. The zero-order chi connectivity index (χ0) is 35.3. The van der Waals surface area contributed by atoms with Gasteiger partial charge in [-0.25, -0.2) is 0 Å². The molecule has 182 valence electrons. The summed E-state index contributed by atoms with van der Waals surface area (Å²) in [7, 11) is 0. The van der Waals surface area contributed by atoms with Gasteiger partial charge in [0.15, 0.2) is 0 Å². The van der Waals surface area contributed by atoms with Crippen molar-refractivity contribution < 1.29 is 19.5 Å². The second-order valence-corrected chi connectivity index (χ2v) is 9.22. The second kappa shape index (κ2) is 8.72. The molecule has 8 aromatic rings. The number of hydrogen-bond acceptors (Lipinski definition) is 1. The van der Waals surface area contributed by atoms with Crippen LogP contribution in [-0.2, 0) is 0 Å². The third-order valence-electron chi connectivity index (χ3n) is 7.06. The van der Waals surface area contributed by atoms with Gasteiger partial charge >= 0.3 is 0 Å². The van der Waals surface area contributed by atoms with Crippen LogP contribution in [0.15, 0.2) is 150 Å². The topological polar surface area (TPSA) is 13.1 Å². The first-order valence-electron chi connectivity index (χ1n) is 18.0. The van der Waals surface area contributed by atoms with Gasteiger partial charge in [0, 0.05) is 16.3 Å². The molecule has 0 unspecified atom stereocenters. The lowest BCUT2D eigenvalue weighted by Crippen LogP contribution is -1.90. The van der Waals surface area contributed by atoms with Crippen molar-refractivity contribution in [3.63, 3.8) is 0 Å². The number of benzene rings is 7. The highest BCUT2D eigenvalue weighted by molar-refractivity contribution is 6.21. The van der Waals surface area contributed by atoms with E-state index in [-0.39, 0.29) is 38.6 Å². The average Bonchev–Trinajstić information content (AvgIpc) is 3.53. The Morgan fingerprint density at radius 1 is 0.410 bits per heavy atom. The van der Waals surface area contributed by atoms with Gasteiger partial charge in [0.1, 0.15) is 11.2 Å². The molecular weight excluding hydrogens is 472 g/mol. The van der Waals surface area contributed by atoms with Crippen molar-refractivity contribution in [2.45, 2.75) is 0 Å². The summed E-state index contributed by atoms with van der Waals surface area (Å²) in [5.41, 5.74) is 1.28. The molecule has 0 amide bonds. The summed E-state index contributed by atoms with van der Waals surface area (Å²) in [6, 6.07) is 19.4. The average molecular weight is 508 g/mol. The first kappa shape index (κ1) is 13.6. The van der Waals surface area contributed by atoms with Gasteiger partial charge in [-0.15, -0.1) is 0 Å². The molecule has 39 heavy (non-hydrogen) atoms. The van der Waals surface area contributed by atoms with Crippen molar-refractivity contribution in [3.05, 3.63) is 145 Å². The number of fused-ring (bicyclic) bond motifs is 5. The lowest BCUT2D eigenvalue weighted by molar-refractivity contribution is 0.670. The van der Waals surface area contributed by atoms with E-state index in [1.54, 1.807) is 0 Å². The Morgan fingerprint density at radius 3 is 1.62 bits per heavy atom. The van der Waals surface area contributed by atoms with E-state index < -0.39 is 66.5 Å². The number of para-hydroxylation sites is 2. The minimum atomic E-state index is -0.614. The predicted octanol–water partition coefficient (Wildman–Crippen LogP) is 10.9. The largest absolute Gasteiger partial charge is 0.455 e. The van der Waals surface area contributed by atoms with Crippen LogP contribution in [0.25, 0.3) is 76.9 Å². The first-order valence-corrected chi connectivity index (χ1v) is 12.5. The fourth-order valence-electron chi connectivity index (χ4n) is 5.38. The molecule has 0 N–H and O–H groups in total. The normalized spacial score (nSPS) is 15.5. The van der Waals surface area contributed by atoms with Gasteiger partial charge < -0.3 is 4.42 Å². The third kappa shape index (κ3) is 3.41. The van der Waals surface area contributed by atoms with Crippen molar-refractivity contribution in [2.75, 3.05) is 0 Å². The maximum absolute atomic E-state index is 9.36. The fraction of sp³-hybridized carbons (Fsp3) is 0. The van der Waals surface area contributed by atoms with E-state index in [2.05, 4.69) is 0 Å². The fourth-order valence-corrected chi connectivity index (χ4v) is 5.38. The van der Waals surface area contributed by atoms with Gasteiger partial charge in [-0.2, -0.15) is 0 Å². The quantitative estimate of drug-likeness (QED) is 0.217. The van der Waals surface area contributed by atoms with Crippen LogP contribution in [0, 0.1) is 0 Å². The van der Waals surface area contributed by atoms with Crippen LogP contribution >= 0.6 is 0 Å². The molecule has 0 aliphatic rings. The maximum Gasteiger partial charge on any atom is 0.143 e. The SMILES string of the molecule is [2H]c1c([2H])c(-c2c([2H])c([2H])c([2H])c3c2oc2c([2H])c([2H])c([2H])c([2H])c23)c([2H])c([2H])c1-c1c2ccccc2c(-c2ccccc2)c2ccccc12. The highest BCUT2D eigenvalue weighted by atomic mass is 16.3. The zero-order valence-electron chi connectivity index (χ0n) is 31.4. The van der Waals surface area contributed by atoms with Gasteiger partial charge in [-0.3, -0.25) is 0 Å². The van der Waals surface area contributed by atoms with E-state index in [1.165, 1.54) is 0 Å². The molecule has 1 aromatic heterocycles. The minimum Gasteiger partial charge on any atom is -0.455 e. The summed E-state index contributed by atoms with van der Waals surface area (Å²) >= 11 is 0. The number of furan rings is 1. The van der Waals surface area contributed by atoms with E-state index in [1.807, 2.05) is 78.9 Å². The van der Waals surface area contributed by atoms with Crippen LogP contribution < -0.4 is 0 Å². The van der Waals surface area contributed by atoms with E-state index >= 15 is 0 Å². The Labute approximate surface area is 242 Å². The van der Waals surface area contributed by atoms with Gasteiger partial charge in [-0.05, 0) is 55.4 Å². The first-order chi connectivity index (χ1) is 24.0. The van der Waals surface area contributed by atoms with Crippen molar-refractivity contribution in [2.24, 2.45) is 0 Å². The molecule has 1 nitrogen and oxygen atoms in total. The summed E-state index contributed by atoms with van der Waals surface area (Å²) in [6.45, 7) is 0. The lowest BCUT2D eigenvalue weighted by Gasteiger charge is -2.18. The molecule has 1 heteroatoms. The molecule has 0 saturated carbocycles. The molecule has 1 heterocycles. The van der Waals surface area contributed by atoms with E-state index in [4.69, 9.17) is 14.0 Å². The Kier molecular flexibility index (Phi) is 3.04. The van der Waals surface area contributed by atoms with Crippen LogP contribution in [0.2, 0.25) is 0 Å². The standard InChI is InChI=1S/C38H24O/c1-2-11-26(12-3-1)36-30-14-4-6-16-32(30)37(33-17-7-5-15-31(33)36)27-23-21-25(22-24-27)28-18-10-19-34-29-13-8-9-20-35(29)39-38(28)34/h1-24H/i8D,9D,10D,13D,18D,19D,20D,21D,22D,23D,24D. The molecule has 8 rings (SSSR count). The zero-order valence-corrected chi connectivity index (χ0v) is 20.4. The molecule has 0 fully saturated rings. The molecule has 0 spiro atoms. The molecule has 7 aromatic carbocycles. The Hall–Kier alpha value is -5.14. The molecule has 0 saturated heterocycles. The highest BCUT2D eigenvalue weighted by Crippen LogP contribution is 2.44. The van der Waals surface area contributed by atoms with Gasteiger partial charge in [0.25, 0.3) is 0 Å². The Morgan fingerprint density at radius 2 is 0.949 bits per heavy atom. The number of hydrogen-bond donors (Lipinski definition) is 0. The maximum atomic E-state index is 9.36. The minimum absolute atomic E-state index is 0.0472. The predicted molar refractivity (Wildman–Crippen MR) is 165 cm³/mol. The molecule has 0 aliphatic carbocycles. The second-order valence-electron chi connectivity index (χ2n) is 9.22. The van der Waals surface area contributed by atoms with Gasteiger partial charge in [-0.1, -0.05) is 139 Å². The van der Waals surface area contributed by atoms with Crippen molar-refractivity contribution in [1.82, 2.24) is 0 Å². The van der Waals surface area contributed by atoms with Gasteiger partial charge in [0.05, 0.1) is 15.1 Å². The summed E-state index contributed by atoms with van der Waals surface area (Å²) < 4.78 is 103. The third-order valence-corrected chi connectivity index (χ3v) is 7.06. The van der Waals surface area contributed by atoms with E-state index in [0.717, 1.165) is 32.7 Å². The smallest absolute Gasteiger partial charge is 0.143 e. The van der Waals surface area contributed by atoms with Crippen molar-refractivity contribution in [3.8, 4) is 33.4 Å². The highest BCUT2D eigenvalue weighted by Gasteiger charge is 2.17. The summed E-state index contributed by atoms with van der Waals surface area (Å²) in [5, 5.41) is 2.82. The van der Waals surface area contributed by atoms with Crippen LogP contribution in [0.4, 0.5) is 0 Å². The molecule has 0 aliphatic heterocycles. The van der Waals surface area contributed by atoms with Crippen molar-refractivity contribution >= 4 is 43.5 Å². The van der Waals surface area contributed by atoms with Crippen molar-refractivity contribution in [1.29, 1.82) is 0 Å². The number of rotatable bonds is 3. The van der Waals surface area contributed by atoms with Crippen LogP contribution in [0.1, 0.15) is 15.1 Å². The van der Waals surface area contributed by atoms with E-state index in [0.29, 0.717) is 5.56 Å². The van der Waals surface area contributed by atoms with Crippen LogP contribution in [0.3, 0.4) is 0 Å². The van der Waals surface area contributed by atoms with Gasteiger partial charge in [0.2, 0.25) is 0 Å². The summed E-state index contributed by atoms with van der Waals surface area (Å²) in [5.74, 6) is 0.